The Bertz CT molecular complexity index is 735. The van der Waals surface area contributed by atoms with E-state index in [0.29, 0.717) is 19.4 Å². The number of sulfonamides is 1. The average molecular weight is 368 g/mol. The number of amides is 1. The van der Waals surface area contributed by atoms with Crippen LogP contribution in [0.3, 0.4) is 0 Å². The fraction of sp³-hybridized carbons (Fsp3) is 0.529. The van der Waals surface area contributed by atoms with Gasteiger partial charge in [-0.1, -0.05) is 26.7 Å². The third kappa shape index (κ3) is 4.58. The third-order valence-electron chi connectivity index (χ3n) is 4.33. The van der Waals surface area contributed by atoms with E-state index in [-0.39, 0.29) is 16.4 Å². The molecule has 0 radical (unpaired) electrons. The molecule has 0 bridgehead atoms. The Kier molecular flexibility index (Phi) is 5.84. The van der Waals surface area contributed by atoms with Crippen molar-refractivity contribution in [1.29, 1.82) is 0 Å². The van der Waals surface area contributed by atoms with Crippen LogP contribution in [0.1, 0.15) is 49.9 Å². The van der Waals surface area contributed by atoms with Gasteiger partial charge in [-0.05, 0) is 43.0 Å². The van der Waals surface area contributed by atoms with Crippen LogP contribution in [-0.2, 0) is 14.8 Å². The van der Waals surface area contributed by atoms with Crippen molar-refractivity contribution in [3.8, 4) is 0 Å². The van der Waals surface area contributed by atoms with E-state index in [9.17, 15) is 23.1 Å². The zero-order valence-electron chi connectivity index (χ0n) is 14.4. The maximum Gasteiger partial charge on any atom is 0.329 e. The second-order valence-electron chi connectivity index (χ2n) is 6.82. The van der Waals surface area contributed by atoms with Crippen molar-refractivity contribution in [3.63, 3.8) is 0 Å². The SMILES string of the molecule is CC(C)CNS(=O)(=O)c1ccc(C(=O)NC2(C(=O)O)CCCC2)cc1. The molecule has 1 amide bonds. The van der Waals surface area contributed by atoms with Gasteiger partial charge in [0.25, 0.3) is 5.91 Å². The molecule has 0 heterocycles. The van der Waals surface area contributed by atoms with Gasteiger partial charge in [-0.15, -0.1) is 0 Å². The lowest BCUT2D eigenvalue weighted by Crippen LogP contribution is -2.52. The van der Waals surface area contributed by atoms with E-state index in [1.54, 1.807) is 0 Å². The summed E-state index contributed by atoms with van der Waals surface area (Å²) in [5, 5.41) is 12.0. The molecule has 0 aliphatic heterocycles. The first kappa shape index (κ1) is 19.4. The van der Waals surface area contributed by atoms with Crippen molar-refractivity contribution in [2.75, 3.05) is 6.54 Å². The molecule has 138 valence electrons. The highest BCUT2D eigenvalue weighted by molar-refractivity contribution is 7.89. The van der Waals surface area contributed by atoms with E-state index in [4.69, 9.17) is 0 Å². The number of nitrogens with one attached hydrogen (secondary N) is 2. The highest BCUT2D eigenvalue weighted by Crippen LogP contribution is 2.30. The van der Waals surface area contributed by atoms with Crippen LogP contribution in [0.5, 0.6) is 0 Å². The quantitative estimate of drug-likeness (QED) is 0.679. The topological polar surface area (TPSA) is 113 Å². The van der Waals surface area contributed by atoms with Gasteiger partial charge in [-0.2, -0.15) is 0 Å². The van der Waals surface area contributed by atoms with Crippen LogP contribution < -0.4 is 10.0 Å². The zero-order chi connectivity index (χ0) is 18.7. The maximum atomic E-state index is 12.3. The number of hydrogen-bond donors (Lipinski definition) is 3. The van der Waals surface area contributed by atoms with E-state index in [1.807, 2.05) is 13.8 Å². The minimum absolute atomic E-state index is 0.0681. The van der Waals surface area contributed by atoms with Crippen molar-refractivity contribution in [3.05, 3.63) is 29.8 Å². The summed E-state index contributed by atoms with van der Waals surface area (Å²) in [5.74, 6) is -1.36. The van der Waals surface area contributed by atoms with Crippen LogP contribution >= 0.6 is 0 Å². The van der Waals surface area contributed by atoms with E-state index in [0.717, 1.165) is 12.8 Å². The van der Waals surface area contributed by atoms with E-state index >= 15 is 0 Å². The van der Waals surface area contributed by atoms with Crippen LogP contribution in [-0.4, -0.2) is 37.5 Å². The summed E-state index contributed by atoms with van der Waals surface area (Å²) in [7, 11) is -3.62. The Morgan fingerprint density at radius 3 is 2.20 bits per heavy atom. The molecule has 7 nitrogen and oxygen atoms in total. The van der Waals surface area contributed by atoms with E-state index < -0.39 is 27.4 Å². The molecule has 1 saturated carbocycles. The lowest BCUT2D eigenvalue weighted by Gasteiger charge is -2.25. The average Bonchev–Trinajstić information content (AvgIpc) is 3.03. The number of rotatable bonds is 7. The second-order valence-corrected chi connectivity index (χ2v) is 8.59. The maximum absolute atomic E-state index is 12.3. The molecule has 25 heavy (non-hydrogen) atoms. The minimum atomic E-state index is -3.62. The number of carboxylic acids is 1. The highest BCUT2D eigenvalue weighted by atomic mass is 32.2. The van der Waals surface area contributed by atoms with Crippen LogP contribution in [0, 0.1) is 5.92 Å². The molecule has 3 N–H and O–H groups in total. The molecular weight excluding hydrogens is 344 g/mol. The van der Waals surface area contributed by atoms with Gasteiger partial charge >= 0.3 is 5.97 Å². The molecule has 1 aromatic rings. The summed E-state index contributed by atoms with van der Waals surface area (Å²) in [4.78, 5) is 23.9. The van der Waals surface area contributed by atoms with Gasteiger partial charge in [0.15, 0.2) is 0 Å². The molecule has 2 rings (SSSR count). The third-order valence-corrected chi connectivity index (χ3v) is 5.77. The number of hydrogen-bond acceptors (Lipinski definition) is 4. The van der Waals surface area contributed by atoms with Crippen LogP contribution in [0.25, 0.3) is 0 Å². The molecule has 1 aliphatic rings. The summed E-state index contributed by atoms with van der Waals surface area (Å²) >= 11 is 0. The number of benzene rings is 1. The number of carbonyl (C=O) groups is 2. The van der Waals surface area contributed by atoms with Gasteiger partial charge in [-0.25, -0.2) is 17.9 Å². The predicted molar refractivity (Wildman–Crippen MR) is 92.8 cm³/mol. The standard InChI is InChI=1S/C17H24N2O5S/c1-12(2)11-18-25(23,24)14-7-5-13(6-8-14)15(20)19-17(16(21)22)9-3-4-10-17/h5-8,12,18H,3-4,9-11H2,1-2H3,(H,19,20)(H,21,22). The van der Waals surface area contributed by atoms with Crippen molar-refractivity contribution in [1.82, 2.24) is 10.0 Å². The Morgan fingerprint density at radius 1 is 1.16 bits per heavy atom. The Balaban J connectivity index is 2.11. The fourth-order valence-electron chi connectivity index (χ4n) is 2.81. The number of aliphatic carboxylic acids is 1. The Labute approximate surface area is 147 Å². The van der Waals surface area contributed by atoms with Crippen molar-refractivity contribution in [2.45, 2.75) is 50.0 Å². The first-order chi connectivity index (χ1) is 11.7. The first-order valence-corrected chi connectivity index (χ1v) is 9.80. The van der Waals surface area contributed by atoms with Gasteiger partial charge in [-0.3, -0.25) is 4.79 Å². The molecule has 1 aliphatic carbocycles. The van der Waals surface area contributed by atoms with Gasteiger partial charge in [0, 0.05) is 12.1 Å². The summed E-state index contributed by atoms with van der Waals surface area (Å²) in [6, 6.07) is 5.48. The summed E-state index contributed by atoms with van der Waals surface area (Å²) in [6.07, 6.45) is 2.32. The molecule has 8 heteroatoms. The Morgan fingerprint density at radius 2 is 1.72 bits per heavy atom. The van der Waals surface area contributed by atoms with Gasteiger partial charge in [0.2, 0.25) is 10.0 Å². The fourth-order valence-corrected chi connectivity index (χ4v) is 4.02. The molecule has 0 unspecified atom stereocenters. The lowest BCUT2D eigenvalue weighted by molar-refractivity contribution is -0.144. The summed E-state index contributed by atoms with van der Waals surface area (Å²) in [6.45, 7) is 4.13. The normalized spacial score (nSPS) is 16.8. The molecular formula is C17H24N2O5S. The molecule has 0 saturated heterocycles. The van der Waals surface area contributed by atoms with Gasteiger partial charge in [0.1, 0.15) is 5.54 Å². The molecule has 1 aromatic carbocycles. The first-order valence-electron chi connectivity index (χ1n) is 8.32. The molecule has 0 atom stereocenters. The number of carbonyl (C=O) groups excluding carboxylic acids is 1. The number of carboxylic acid groups (broad SMARTS) is 1. The minimum Gasteiger partial charge on any atom is -0.480 e. The van der Waals surface area contributed by atoms with Crippen molar-refractivity contribution in [2.24, 2.45) is 5.92 Å². The molecule has 0 aromatic heterocycles. The van der Waals surface area contributed by atoms with Crippen LogP contribution in [0.4, 0.5) is 0 Å². The second kappa shape index (κ2) is 7.53. The predicted octanol–water partition coefficient (Wildman–Crippen LogP) is 1.75. The largest absolute Gasteiger partial charge is 0.480 e. The summed E-state index contributed by atoms with van der Waals surface area (Å²) < 4.78 is 26.8. The van der Waals surface area contributed by atoms with Crippen LogP contribution in [0.15, 0.2) is 29.2 Å². The highest BCUT2D eigenvalue weighted by Gasteiger charge is 2.42. The van der Waals surface area contributed by atoms with E-state index in [1.165, 1.54) is 24.3 Å². The summed E-state index contributed by atoms with van der Waals surface area (Å²) in [5.41, 5.74) is -0.990. The monoisotopic (exact) mass is 368 g/mol. The smallest absolute Gasteiger partial charge is 0.329 e. The lowest BCUT2D eigenvalue weighted by atomic mass is 9.97. The van der Waals surface area contributed by atoms with Gasteiger partial charge in [0.05, 0.1) is 4.90 Å². The van der Waals surface area contributed by atoms with Gasteiger partial charge < -0.3 is 10.4 Å². The molecule has 1 fully saturated rings. The van der Waals surface area contributed by atoms with E-state index in [2.05, 4.69) is 10.0 Å². The van der Waals surface area contributed by atoms with Crippen molar-refractivity contribution >= 4 is 21.9 Å². The van der Waals surface area contributed by atoms with Crippen molar-refractivity contribution < 1.29 is 23.1 Å². The Hall–Kier alpha value is -1.93. The van der Waals surface area contributed by atoms with Crippen LogP contribution in [0.2, 0.25) is 0 Å². The molecule has 0 spiro atoms. The zero-order valence-corrected chi connectivity index (χ0v) is 15.2.